The molecular weight excluding hydrogens is 430 g/mol. The summed E-state index contributed by atoms with van der Waals surface area (Å²) in [5, 5.41) is 3.14. The Bertz CT molecular complexity index is 972. The zero-order chi connectivity index (χ0) is 23.8. The molecular formula is C27H35N3O4. The van der Waals surface area contributed by atoms with E-state index in [0.717, 1.165) is 50.4 Å². The van der Waals surface area contributed by atoms with Crippen LogP contribution < -0.4 is 14.8 Å². The maximum Gasteiger partial charge on any atom is 0.223 e. The molecule has 1 saturated heterocycles. The van der Waals surface area contributed by atoms with E-state index in [1.807, 2.05) is 35.2 Å². The van der Waals surface area contributed by atoms with Gasteiger partial charge >= 0.3 is 0 Å². The highest BCUT2D eigenvalue weighted by atomic mass is 16.5. The first kappa shape index (κ1) is 24.1. The number of amides is 2. The fourth-order valence-corrected chi connectivity index (χ4v) is 4.79. The van der Waals surface area contributed by atoms with E-state index in [4.69, 9.17) is 9.47 Å². The van der Waals surface area contributed by atoms with Gasteiger partial charge in [0, 0.05) is 45.6 Å². The van der Waals surface area contributed by atoms with Gasteiger partial charge in [-0.3, -0.25) is 14.5 Å². The van der Waals surface area contributed by atoms with E-state index in [1.165, 1.54) is 11.1 Å². The number of nitrogens with one attached hydrogen (secondary N) is 1. The zero-order valence-corrected chi connectivity index (χ0v) is 20.0. The van der Waals surface area contributed by atoms with Crippen LogP contribution in [-0.2, 0) is 16.0 Å². The van der Waals surface area contributed by atoms with Crippen LogP contribution in [0.25, 0.3) is 0 Å². The van der Waals surface area contributed by atoms with Gasteiger partial charge in [0.25, 0.3) is 0 Å². The minimum atomic E-state index is -0.0397. The minimum Gasteiger partial charge on any atom is -0.493 e. The molecule has 34 heavy (non-hydrogen) atoms. The van der Waals surface area contributed by atoms with Crippen LogP contribution >= 0.6 is 0 Å². The number of aryl methyl sites for hydroxylation is 1. The van der Waals surface area contributed by atoms with Crippen LogP contribution in [0, 0.1) is 0 Å². The summed E-state index contributed by atoms with van der Waals surface area (Å²) in [5.41, 5.74) is 2.54. The predicted octanol–water partition coefficient (Wildman–Crippen LogP) is 3.19. The Kier molecular flexibility index (Phi) is 8.41. The third kappa shape index (κ3) is 6.29. The van der Waals surface area contributed by atoms with Crippen molar-refractivity contribution < 1.29 is 19.1 Å². The molecule has 0 radical (unpaired) electrons. The molecule has 2 aromatic rings. The number of para-hydroxylation sites is 2. The Hall–Kier alpha value is -3.06. The Labute approximate surface area is 202 Å². The number of ether oxygens (including phenoxy) is 2. The molecule has 0 spiro atoms. The van der Waals surface area contributed by atoms with Crippen LogP contribution in [0.4, 0.5) is 0 Å². The second-order valence-electron chi connectivity index (χ2n) is 8.93. The Balaban J connectivity index is 1.14. The largest absolute Gasteiger partial charge is 0.493 e. The Morgan fingerprint density at radius 1 is 0.971 bits per heavy atom. The zero-order valence-electron chi connectivity index (χ0n) is 20.0. The number of methoxy groups -OCH3 is 1. The molecule has 7 nitrogen and oxygen atoms in total. The van der Waals surface area contributed by atoms with Crippen molar-refractivity contribution in [3.05, 3.63) is 59.7 Å². The van der Waals surface area contributed by atoms with Crippen LogP contribution in [-0.4, -0.2) is 68.1 Å². The molecule has 1 aliphatic carbocycles. The summed E-state index contributed by atoms with van der Waals surface area (Å²) in [5.74, 6) is 1.50. The quantitative estimate of drug-likeness (QED) is 0.616. The van der Waals surface area contributed by atoms with Crippen molar-refractivity contribution in [1.82, 2.24) is 15.1 Å². The third-order valence-electron chi connectivity index (χ3n) is 6.73. The lowest BCUT2D eigenvalue weighted by Gasteiger charge is -2.34. The Morgan fingerprint density at radius 2 is 1.71 bits per heavy atom. The van der Waals surface area contributed by atoms with Crippen molar-refractivity contribution in [1.29, 1.82) is 0 Å². The van der Waals surface area contributed by atoms with Crippen LogP contribution in [0.5, 0.6) is 11.5 Å². The molecule has 7 heteroatoms. The third-order valence-corrected chi connectivity index (χ3v) is 6.73. The van der Waals surface area contributed by atoms with Crippen LogP contribution in [0.1, 0.15) is 42.9 Å². The highest BCUT2D eigenvalue weighted by Gasteiger charge is 2.24. The summed E-state index contributed by atoms with van der Waals surface area (Å²) >= 11 is 0. The summed E-state index contributed by atoms with van der Waals surface area (Å²) in [7, 11) is 1.64. The monoisotopic (exact) mass is 465 g/mol. The van der Waals surface area contributed by atoms with Gasteiger partial charge in [-0.25, -0.2) is 0 Å². The lowest BCUT2D eigenvalue weighted by atomic mass is 9.87. The standard InChI is InChI=1S/C27H35N3O4/c1-33-24-11-4-5-12-25(24)34-20-19-29-15-17-30(18-16-29)27(32)14-13-26(31)28-23-10-6-8-21-7-2-3-9-22(21)23/h2-5,7,9,11-12,23H,6,8,10,13-20H2,1H3,(H,28,31). The molecule has 0 aromatic heterocycles. The molecule has 182 valence electrons. The maximum absolute atomic E-state index is 12.7. The molecule has 1 fully saturated rings. The molecule has 2 aromatic carbocycles. The lowest BCUT2D eigenvalue weighted by molar-refractivity contribution is -0.135. The number of nitrogens with zero attached hydrogens (tertiary/aromatic N) is 2. The van der Waals surface area contributed by atoms with Gasteiger partial charge in [0.05, 0.1) is 13.2 Å². The molecule has 2 amide bonds. The topological polar surface area (TPSA) is 71.1 Å². The number of piperazine rings is 1. The molecule has 1 atom stereocenters. The van der Waals surface area contributed by atoms with Gasteiger partial charge in [-0.1, -0.05) is 36.4 Å². The first-order valence-corrected chi connectivity index (χ1v) is 12.3. The number of carbonyl (C=O) groups excluding carboxylic acids is 2. The van der Waals surface area contributed by atoms with Crippen LogP contribution in [0.15, 0.2) is 48.5 Å². The predicted molar refractivity (Wildman–Crippen MR) is 131 cm³/mol. The van der Waals surface area contributed by atoms with Gasteiger partial charge in [0.2, 0.25) is 11.8 Å². The first-order chi connectivity index (χ1) is 16.6. The van der Waals surface area contributed by atoms with Gasteiger partial charge in [-0.05, 0) is 42.5 Å². The summed E-state index contributed by atoms with van der Waals surface area (Å²) in [6.07, 6.45) is 3.61. The molecule has 1 N–H and O–H groups in total. The average molecular weight is 466 g/mol. The number of rotatable bonds is 9. The smallest absolute Gasteiger partial charge is 0.223 e. The van der Waals surface area contributed by atoms with Gasteiger partial charge in [-0.15, -0.1) is 0 Å². The van der Waals surface area contributed by atoms with E-state index in [9.17, 15) is 9.59 Å². The van der Waals surface area contributed by atoms with E-state index in [1.54, 1.807) is 7.11 Å². The maximum atomic E-state index is 12.7. The van der Waals surface area contributed by atoms with Crippen LogP contribution in [0.3, 0.4) is 0 Å². The van der Waals surface area contributed by atoms with Crippen molar-refractivity contribution in [2.24, 2.45) is 0 Å². The molecule has 1 heterocycles. The van der Waals surface area contributed by atoms with Crippen molar-refractivity contribution in [2.45, 2.75) is 38.1 Å². The van der Waals surface area contributed by atoms with Crippen molar-refractivity contribution in [3.63, 3.8) is 0 Å². The van der Waals surface area contributed by atoms with Gasteiger partial charge in [0.15, 0.2) is 11.5 Å². The van der Waals surface area contributed by atoms with Crippen molar-refractivity contribution in [2.75, 3.05) is 46.4 Å². The summed E-state index contributed by atoms with van der Waals surface area (Å²) < 4.78 is 11.2. The second-order valence-corrected chi connectivity index (χ2v) is 8.93. The average Bonchev–Trinajstić information content (AvgIpc) is 2.88. The highest BCUT2D eigenvalue weighted by molar-refractivity contribution is 5.84. The van der Waals surface area contributed by atoms with Crippen molar-refractivity contribution >= 4 is 11.8 Å². The normalized spacial score (nSPS) is 18.1. The van der Waals surface area contributed by atoms with Crippen LogP contribution in [0.2, 0.25) is 0 Å². The minimum absolute atomic E-state index is 0.0397. The molecule has 4 rings (SSSR count). The van der Waals surface area contributed by atoms with Gasteiger partial charge < -0.3 is 19.7 Å². The number of carbonyl (C=O) groups is 2. The molecule has 1 unspecified atom stereocenters. The number of hydrogen-bond donors (Lipinski definition) is 1. The molecule has 1 aliphatic heterocycles. The van der Waals surface area contributed by atoms with Gasteiger partial charge in [0.1, 0.15) is 6.61 Å². The van der Waals surface area contributed by atoms with E-state index in [-0.39, 0.29) is 30.7 Å². The highest BCUT2D eigenvalue weighted by Crippen LogP contribution is 2.29. The second kappa shape index (κ2) is 11.9. The number of hydrogen-bond acceptors (Lipinski definition) is 5. The van der Waals surface area contributed by atoms with E-state index >= 15 is 0 Å². The lowest BCUT2D eigenvalue weighted by Crippen LogP contribution is -2.49. The summed E-state index contributed by atoms with van der Waals surface area (Å²) in [6.45, 7) is 4.36. The van der Waals surface area contributed by atoms with Crippen molar-refractivity contribution in [3.8, 4) is 11.5 Å². The van der Waals surface area contributed by atoms with E-state index < -0.39 is 0 Å². The summed E-state index contributed by atoms with van der Waals surface area (Å²) in [4.78, 5) is 29.4. The number of fused-ring (bicyclic) bond motifs is 1. The van der Waals surface area contributed by atoms with E-state index in [0.29, 0.717) is 19.7 Å². The first-order valence-electron chi connectivity index (χ1n) is 12.3. The SMILES string of the molecule is COc1ccccc1OCCN1CCN(C(=O)CCC(=O)NC2CCCc3ccccc32)CC1. The molecule has 2 aliphatic rings. The van der Waals surface area contributed by atoms with Gasteiger partial charge in [-0.2, -0.15) is 0 Å². The molecule has 0 bridgehead atoms. The fraction of sp³-hybridized carbons (Fsp3) is 0.481. The number of benzene rings is 2. The van der Waals surface area contributed by atoms with E-state index in [2.05, 4.69) is 28.4 Å². The molecule has 0 saturated carbocycles. The summed E-state index contributed by atoms with van der Waals surface area (Å²) in [6, 6.07) is 16.0. The fourth-order valence-electron chi connectivity index (χ4n) is 4.79. The Morgan fingerprint density at radius 3 is 2.50 bits per heavy atom.